The summed E-state index contributed by atoms with van der Waals surface area (Å²) in [5.74, 6) is 0. The molecule has 0 amide bonds. The van der Waals surface area contributed by atoms with Crippen molar-refractivity contribution in [3.05, 3.63) is 36.0 Å². The minimum absolute atomic E-state index is 0.303. The van der Waals surface area contributed by atoms with Crippen molar-refractivity contribution >= 4 is 10.9 Å². The third-order valence-electron chi connectivity index (χ3n) is 2.78. The van der Waals surface area contributed by atoms with Crippen LogP contribution in [-0.2, 0) is 6.54 Å². The third kappa shape index (κ3) is 3.26. The molecule has 0 saturated heterocycles. The van der Waals surface area contributed by atoms with E-state index in [9.17, 15) is 13.2 Å². The van der Waals surface area contributed by atoms with E-state index in [2.05, 4.69) is 11.4 Å². The van der Waals surface area contributed by atoms with Crippen LogP contribution in [0.15, 0.2) is 30.5 Å². The average Bonchev–Trinajstić information content (AvgIpc) is 2.65. The topological polar surface area (TPSA) is 17.0 Å². The Morgan fingerprint density at radius 1 is 1.22 bits per heavy atom. The Hall–Kier alpha value is -1.49. The Kier molecular flexibility index (Phi) is 3.61. The molecule has 1 aromatic carbocycles. The number of fused-ring (bicyclic) bond motifs is 1. The van der Waals surface area contributed by atoms with Gasteiger partial charge < -0.3 is 9.88 Å². The van der Waals surface area contributed by atoms with Crippen molar-refractivity contribution in [3.63, 3.8) is 0 Å². The minimum atomic E-state index is -4.14. The number of alkyl halides is 3. The summed E-state index contributed by atoms with van der Waals surface area (Å²) in [6, 6.07) is 8.04. The molecule has 0 spiro atoms. The number of rotatable bonds is 4. The fourth-order valence-corrected chi connectivity index (χ4v) is 1.94. The van der Waals surface area contributed by atoms with Crippen molar-refractivity contribution in [2.75, 3.05) is 13.1 Å². The number of nitrogens with zero attached hydrogens (tertiary/aromatic N) is 1. The van der Waals surface area contributed by atoms with E-state index in [1.165, 1.54) is 5.56 Å². The summed E-state index contributed by atoms with van der Waals surface area (Å²) in [6.45, 7) is 1.91. The number of halogens is 3. The Labute approximate surface area is 103 Å². The van der Waals surface area contributed by atoms with Crippen LogP contribution in [0.1, 0.15) is 5.56 Å². The molecule has 1 N–H and O–H groups in total. The third-order valence-corrected chi connectivity index (χ3v) is 2.78. The lowest BCUT2D eigenvalue weighted by molar-refractivity contribution is -0.124. The van der Waals surface area contributed by atoms with Gasteiger partial charge in [-0.15, -0.1) is 0 Å². The van der Waals surface area contributed by atoms with Crippen LogP contribution >= 0.6 is 0 Å². The van der Waals surface area contributed by atoms with Crippen LogP contribution < -0.4 is 5.32 Å². The van der Waals surface area contributed by atoms with E-state index in [0.717, 1.165) is 10.9 Å². The van der Waals surface area contributed by atoms with Crippen molar-refractivity contribution in [2.24, 2.45) is 0 Å². The van der Waals surface area contributed by atoms with E-state index in [4.69, 9.17) is 0 Å². The second-order valence-corrected chi connectivity index (χ2v) is 4.36. The summed E-state index contributed by atoms with van der Waals surface area (Å²) in [5.41, 5.74) is 2.23. The van der Waals surface area contributed by atoms with Crippen molar-refractivity contribution in [1.82, 2.24) is 9.88 Å². The molecule has 2 rings (SSSR count). The van der Waals surface area contributed by atoms with Gasteiger partial charge in [0.15, 0.2) is 0 Å². The second kappa shape index (κ2) is 5.02. The summed E-state index contributed by atoms with van der Waals surface area (Å²) in [5, 5.41) is 3.51. The maximum absolute atomic E-state index is 11.9. The molecule has 98 valence electrons. The summed E-state index contributed by atoms with van der Waals surface area (Å²) < 4.78 is 37.8. The predicted octanol–water partition coefficient (Wildman–Crippen LogP) is 3.10. The molecular weight excluding hydrogens is 241 g/mol. The van der Waals surface area contributed by atoms with Gasteiger partial charge in [-0.2, -0.15) is 13.2 Å². The van der Waals surface area contributed by atoms with Gasteiger partial charge >= 0.3 is 6.18 Å². The van der Waals surface area contributed by atoms with Gasteiger partial charge in [0.25, 0.3) is 0 Å². The Bertz CT molecular complexity index is 529. The molecule has 18 heavy (non-hydrogen) atoms. The summed E-state index contributed by atoms with van der Waals surface area (Å²) in [7, 11) is 0. The van der Waals surface area contributed by atoms with Gasteiger partial charge in [-0.05, 0) is 30.5 Å². The number of nitrogens with one attached hydrogen (secondary N) is 1. The van der Waals surface area contributed by atoms with Crippen LogP contribution in [-0.4, -0.2) is 23.8 Å². The highest BCUT2D eigenvalue weighted by molar-refractivity contribution is 5.80. The van der Waals surface area contributed by atoms with E-state index >= 15 is 0 Å². The van der Waals surface area contributed by atoms with E-state index in [0.29, 0.717) is 13.1 Å². The summed E-state index contributed by atoms with van der Waals surface area (Å²) >= 11 is 0. The molecule has 5 heteroatoms. The van der Waals surface area contributed by atoms with Gasteiger partial charge in [0, 0.05) is 24.8 Å². The van der Waals surface area contributed by atoms with Gasteiger partial charge in [0.05, 0.1) is 6.54 Å². The van der Waals surface area contributed by atoms with Crippen molar-refractivity contribution in [3.8, 4) is 0 Å². The summed E-state index contributed by atoms with van der Waals surface area (Å²) in [6.07, 6.45) is -2.24. The molecule has 0 saturated carbocycles. The predicted molar refractivity (Wildman–Crippen MR) is 65.6 cm³/mol. The van der Waals surface area contributed by atoms with Gasteiger partial charge in [-0.25, -0.2) is 0 Å². The fourth-order valence-electron chi connectivity index (χ4n) is 1.94. The van der Waals surface area contributed by atoms with E-state index in [-0.39, 0.29) is 0 Å². The largest absolute Gasteiger partial charge is 0.401 e. The number of aromatic nitrogens is 1. The van der Waals surface area contributed by atoms with Crippen molar-refractivity contribution in [2.45, 2.75) is 19.6 Å². The van der Waals surface area contributed by atoms with Gasteiger partial charge in [0.2, 0.25) is 0 Å². The summed E-state index contributed by atoms with van der Waals surface area (Å²) in [4.78, 5) is 0. The van der Waals surface area contributed by atoms with E-state index in [1.807, 2.05) is 35.9 Å². The first-order valence-corrected chi connectivity index (χ1v) is 5.79. The normalized spacial score (nSPS) is 12.2. The SMILES string of the molecule is Cc1ccc2c(ccn2CCNCC(F)(F)F)c1. The molecule has 0 atom stereocenters. The smallest absolute Gasteiger partial charge is 0.346 e. The number of hydrogen-bond acceptors (Lipinski definition) is 1. The van der Waals surface area contributed by atoms with Gasteiger partial charge in [0.1, 0.15) is 0 Å². The van der Waals surface area contributed by atoms with Crippen LogP contribution in [0.2, 0.25) is 0 Å². The van der Waals surface area contributed by atoms with Crippen LogP contribution in [0.3, 0.4) is 0 Å². The van der Waals surface area contributed by atoms with Crippen LogP contribution in [0, 0.1) is 6.92 Å². The Morgan fingerprint density at radius 3 is 2.72 bits per heavy atom. The zero-order valence-corrected chi connectivity index (χ0v) is 10.1. The maximum atomic E-state index is 11.9. The highest BCUT2D eigenvalue weighted by atomic mass is 19.4. The highest BCUT2D eigenvalue weighted by Crippen LogP contribution is 2.17. The number of aryl methyl sites for hydroxylation is 1. The van der Waals surface area contributed by atoms with Crippen LogP contribution in [0.25, 0.3) is 10.9 Å². The van der Waals surface area contributed by atoms with E-state index in [1.54, 1.807) is 0 Å². The quantitative estimate of drug-likeness (QED) is 0.832. The van der Waals surface area contributed by atoms with Crippen LogP contribution in [0.5, 0.6) is 0 Å². The molecule has 0 aliphatic rings. The molecule has 2 aromatic rings. The zero-order valence-electron chi connectivity index (χ0n) is 10.1. The number of hydrogen-bond donors (Lipinski definition) is 1. The Balaban J connectivity index is 1.96. The second-order valence-electron chi connectivity index (χ2n) is 4.36. The molecular formula is C13H15F3N2. The van der Waals surface area contributed by atoms with Gasteiger partial charge in [-0.1, -0.05) is 11.6 Å². The maximum Gasteiger partial charge on any atom is 0.401 e. The standard InChI is InChI=1S/C13H15F3N2/c1-10-2-3-12-11(8-10)4-6-18(12)7-5-17-9-13(14,15)16/h2-4,6,8,17H,5,7,9H2,1H3. The number of benzene rings is 1. The lowest BCUT2D eigenvalue weighted by atomic mass is 10.2. The first-order valence-electron chi connectivity index (χ1n) is 5.79. The minimum Gasteiger partial charge on any atom is -0.346 e. The van der Waals surface area contributed by atoms with Gasteiger partial charge in [-0.3, -0.25) is 0 Å². The lowest BCUT2D eigenvalue weighted by Gasteiger charge is -2.09. The Morgan fingerprint density at radius 2 is 2.00 bits per heavy atom. The van der Waals surface area contributed by atoms with Crippen molar-refractivity contribution < 1.29 is 13.2 Å². The molecule has 0 aliphatic carbocycles. The highest BCUT2D eigenvalue weighted by Gasteiger charge is 2.25. The molecule has 1 heterocycles. The molecule has 2 nitrogen and oxygen atoms in total. The molecule has 0 fully saturated rings. The first-order chi connectivity index (χ1) is 8.46. The van der Waals surface area contributed by atoms with Crippen LogP contribution in [0.4, 0.5) is 13.2 Å². The molecule has 0 unspecified atom stereocenters. The zero-order chi connectivity index (χ0) is 13.2. The van der Waals surface area contributed by atoms with Crippen molar-refractivity contribution in [1.29, 1.82) is 0 Å². The lowest BCUT2D eigenvalue weighted by Crippen LogP contribution is -2.31. The molecule has 1 aromatic heterocycles. The average molecular weight is 256 g/mol. The monoisotopic (exact) mass is 256 g/mol. The molecule has 0 bridgehead atoms. The first kappa shape index (κ1) is 13.0. The fraction of sp³-hybridized carbons (Fsp3) is 0.385. The van der Waals surface area contributed by atoms with E-state index < -0.39 is 12.7 Å². The molecule has 0 radical (unpaired) electrons. The molecule has 0 aliphatic heterocycles.